The van der Waals surface area contributed by atoms with Crippen LogP contribution in [0.2, 0.25) is 0 Å². The van der Waals surface area contributed by atoms with Crippen molar-refractivity contribution >= 4 is 18.3 Å². The zero-order valence-electron chi connectivity index (χ0n) is 11.3. The van der Waals surface area contributed by atoms with Crippen molar-refractivity contribution in [2.24, 2.45) is 11.8 Å². The Hall–Kier alpha value is -0.490. The Bertz CT molecular complexity index is 319. The molecule has 0 aromatic rings. The summed E-state index contributed by atoms with van der Waals surface area (Å²) in [5.41, 5.74) is 0. The molecule has 1 heterocycles. The highest BCUT2D eigenvalue weighted by atomic mass is 35.5. The van der Waals surface area contributed by atoms with E-state index in [0.29, 0.717) is 13.0 Å². The number of nitrogens with one attached hydrogen (secondary N) is 2. The molecular weight excluding hydrogens is 293 g/mol. The van der Waals surface area contributed by atoms with E-state index < -0.39 is 12.1 Å². The number of halogens is 4. The molecule has 118 valence electrons. The second-order valence-electron chi connectivity index (χ2n) is 5.67. The van der Waals surface area contributed by atoms with Crippen molar-refractivity contribution < 1.29 is 18.0 Å². The van der Waals surface area contributed by atoms with Crippen molar-refractivity contribution in [3.8, 4) is 0 Å². The molecule has 0 aromatic carbocycles. The molecule has 0 radical (unpaired) electrons. The van der Waals surface area contributed by atoms with E-state index in [1.807, 2.05) is 0 Å². The monoisotopic (exact) mass is 314 g/mol. The first-order valence-corrected chi connectivity index (χ1v) is 7.04. The SMILES string of the molecule is Cl.O=C(NCC1CCCC(C(F)(F)F)C1)C1CCCN1. The quantitative estimate of drug-likeness (QED) is 0.841. The molecule has 1 aliphatic heterocycles. The molecule has 1 aliphatic carbocycles. The van der Waals surface area contributed by atoms with E-state index in [1.165, 1.54) is 0 Å². The molecule has 1 saturated carbocycles. The van der Waals surface area contributed by atoms with Gasteiger partial charge in [-0.05, 0) is 44.6 Å². The van der Waals surface area contributed by atoms with Gasteiger partial charge in [-0.15, -0.1) is 12.4 Å². The Morgan fingerprint density at radius 2 is 1.95 bits per heavy atom. The molecule has 7 heteroatoms. The molecule has 3 nitrogen and oxygen atoms in total. The highest BCUT2D eigenvalue weighted by Gasteiger charge is 2.42. The maximum atomic E-state index is 12.7. The highest BCUT2D eigenvalue weighted by Crippen LogP contribution is 2.39. The molecule has 2 N–H and O–H groups in total. The van der Waals surface area contributed by atoms with Crippen molar-refractivity contribution in [3.05, 3.63) is 0 Å². The molecule has 0 spiro atoms. The summed E-state index contributed by atoms with van der Waals surface area (Å²) in [4.78, 5) is 11.8. The molecular formula is C13H22ClF3N2O. The Balaban J connectivity index is 0.00000200. The van der Waals surface area contributed by atoms with Crippen LogP contribution in [0, 0.1) is 11.8 Å². The van der Waals surface area contributed by atoms with E-state index in [2.05, 4.69) is 10.6 Å². The van der Waals surface area contributed by atoms with Gasteiger partial charge in [0.1, 0.15) is 0 Å². The minimum atomic E-state index is -4.09. The van der Waals surface area contributed by atoms with Crippen LogP contribution in [0.15, 0.2) is 0 Å². The first-order chi connectivity index (χ1) is 8.97. The predicted molar refractivity (Wildman–Crippen MR) is 72.8 cm³/mol. The van der Waals surface area contributed by atoms with Crippen molar-refractivity contribution in [2.45, 2.75) is 50.7 Å². The standard InChI is InChI=1S/C13H21F3N2O.ClH/c14-13(15,16)10-4-1-3-9(7-10)8-18-12(19)11-5-2-6-17-11;/h9-11,17H,1-8H2,(H,18,19);1H. The zero-order chi connectivity index (χ0) is 13.9. The first-order valence-electron chi connectivity index (χ1n) is 7.04. The summed E-state index contributed by atoms with van der Waals surface area (Å²) >= 11 is 0. The summed E-state index contributed by atoms with van der Waals surface area (Å²) in [6.07, 6.45) is -0.508. The van der Waals surface area contributed by atoms with Crippen LogP contribution in [0.25, 0.3) is 0 Å². The molecule has 1 amide bonds. The summed E-state index contributed by atoms with van der Waals surface area (Å²) in [5.74, 6) is -1.29. The van der Waals surface area contributed by atoms with Crippen LogP contribution in [0.5, 0.6) is 0 Å². The lowest BCUT2D eigenvalue weighted by Gasteiger charge is -2.30. The van der Waals surface area contributed by atoms with Crippen LogP contribution < -0.4 is 10.6 Å². The van der Waals surface area contributed by atoms with Gasteiger partial charge in [-0.1, -0.05) is 6.42 Å². The molecule has 0 aromatic heterocycles. The average molecular weight is 315 g/mol. The van der Waals surface area contributed by atoms with Crippen LogP contribution in [-0.2, 0) is 4.79 Å². The fourth-order valence-corrected chi connectivity index (χ4v) is 3.05. The fraction of sp³-hybridized carbons (Fsp3) is 0.923. The van der Waals surface area contributed by atoms with Gasteiger partial charge in [0, 0.05) is 6.54 Å². The van der Waals surface area contributed by atoms with Gasteiger partial charge in [0.15, 0.2) is 0 Å². The van der Waals surface area contributed by atoms with Crippen LogP contribution >= 0.6 is 12.4 Å². The van der Waals surface area contributed by atoms with Crippen LogP contribution in [0.1, 0.15) is 38.5 Å². The summed E-state index contributed by atoms with van der Waals surface area (Å²) in [5, 5.41) is 5.88. The molecule has 2 fully saturated rings. The van der Waals surface area contributed by atoms with Crippen LogP contribution in [0.3, 0.4) is 0 Å². The van der Waals surface area contributed by atoms with E-state index in [4.69, 9.17) is 0 Å². The van der Waals surface area contributed by atoms with Gasteiger partial charge < -0.3 is 10.6 Å². The fourth-order valence-electron chi connectivity index (χ4n) is 3.05. The van der Waals surface area contributed by atoms with Crippen LogP contribution in [-0.4, -0.2) is 31.2 Å². The van der Waals surface area contributed by atoms with Gasteiger partial charge in [-0.3, -0.25) is 4.79 Å². The van der Waals surface area contributed by atoms with Gasteiger partial charge in [0.05, 0.1) is 12.0 Å². The molecule has 2 aliphatic rings. The maximum absolute atomic E-state index is 12.7. The maximum Gasteiger partial charge on any atom is 0.391 e. The Morgan fingerprint density at radius 1 is 1.20 bits per heavy atom. The third-order valence-corrected chi connectivity index (χ3v) is 4.19. The Kier molecular flexibility index (Phi) is 6.58. The summed E-state index contributed by atoms with van der Waals surface area (Å²) in [6, 6.07) is -0.151. The van der Waals surface area contributed by atoms with Gasteiger partial charge in [-0.25, -0.2) is 0 Å². The van der Waals surface area contributed by atoms with E-state index in [1.54, 1.807) is 0 Å². The van der Waals surface area contributed by atoms with Crippen molar-refractivity contribution in [1.82, 2.24) is 10.6 Å². The Labute approximate surface area is 123 Å². The first kappa shape index (κ1) is 17.6. The normalized spacial score (nSPS) is 30.6. The largest absolute Gasteiger partial charge is 0.391 e. The second kappa shape index (κ2) is 7.50. The lowest BCUT2D eigenvalue weighted by Crippen LogP contribution is -2.43. The van der Waals surface area contributed by atoms with Crippen molar-refractivity contribution in [1.29, 1.82) is 0 Å². The number of carbonyl (C=O) groups is 1. The molecule has 2 rings (SSSR count). The minimum Gasteiger partial charge on any atom is -0.354 e. The Morgan fingerprint density at radius 3 is 2.55 bits per heavy atom. The lowest BCUT2D eigenvalue weighted by molar-refractivity contribution is -0.185. The topological polar surface area (TPSA) is 41.1 Å². The van der Waals surface area contributed by atoms with Crippen LogP contribution in [0.4, 0.5) is 13.2 Å². The van der Waals surface area contributed by atoms with E-state index in [0.717, 1.165) is 25.8 Å². The summed E-state index contributed by atoms with van der Waals surface area (Å²) in [6.45, 7) is 1.22. The number of hydrogen-bond acceptors (Lipinski definition) is 2. The summed E-state index contributed by atoms with van der Waals surface area (Å²) in [7, 11) is 0. The van der Waals surface area contributed by atoms with Gasteiger partial charge in [-0.2, -0.15) is 13.2 Å². The van der Waals surface area contributed by atoms with Crippen molar-refractivity contribution in [2.75, 3.05) is 13.1 Å². The smallest absolute Gasteiger partial charge is 0.354 e. The number of alkyl halides is 3. The second-order valence-corrected chi connectivity index (χ2v) is 5.67. The van der Waals surface area contributed by atoms with E-state index in [-0.39, 0.29) is 43.1 Å². The van der Waals surface area contributed by atoms with Gasteiger partial charge >= 0.3 is 6.18 Å². The summed E-state index contributed by atoms with van der Waals surface area (Å²) < 4.78 is 38.0. The highest BCUT2D eigenvalue weighted by molar-refractivity contribution is 5.85. The predicted octanol–water partition coefficient (Wildman–Crippen LogP) is 2.65. The molecule has 20 heavy (non-hydrogen) atoms. The van der Waals surface area contributed by atoms with E-state index in [9.17, 15) is 18.0 Å². The molecule has 1 saturated heterocycles. The third-order valence-electron chi connectivity index (χ3n) is 4.19. The number of hydrogen-bond donors (Lipinski definition) is 2. The number of amides is 1. The third kappa shape index (κ3) is 4.81. The minimum absolute atomic E-state index is 0. The lowest BCUT2D eigenvalue weighted by atomic mass is 9.81. The zero-order valence-corrected chi connectivity index (χ0v) is 12.2. The molecule has 3 atom stereocenters. The average Bonchev–Trinajstić information content (AvgIpc) is 2.89. The van der Waals surface area contributed by atoms with Gasteiger partial charge in [0.2, 0.25) is 5.91 Å². The number of rotatable bonds is 3. The van der Waals surface area contributed by atoms with Gasteiger partial charge in [0.25, 0.3) is 0 Å². The molecule has 0 bridgehead atoms. The number of carbonyl (C=O) groups excluding carboxylic acids is 1. The van der Waals surface area contributed by atoms with Crippen molar-refractivity contribution in [3.63, 3.8) is 0 Å². The molecule has 3 unspecified atom stereocenters. The van der Waals surface area contributed by atoms with E-state index >= 15 is 0 Å².